The van der Waals surface area contributed by atoms with Crippen molar-refractivity contribution < 1.29 is 19.1 Å². The lowest BCUT2D eigenvalue weighted by Crippen LogP contribution is -2.52. The Morgan fingerprint density at radius 2 is 1.53 bits per heavy atom. The molecule has 4 heterocycles. The van der Waals surface area contributed by atoms with Crippen molar-refractivity contribution in [1.82, 2.24) is 35.1 Å². The van der Waals surface area contributed by atoms with Crippen LogP contribution in [0.3, 0.4) is 0 Å². The lowest BCUT2D eigenvalue weighted by atomic mass is 9.91. The van der Waals surface area contributed by atoms with E-state index in [1.165, 1.54) is 23.8 Å². The standard InChI is InChI=1S/C45H54ClN7O4/c1-23(2)21-37(54)52-25(5)11-19-35(52)43-49-40(41(46)51-43)33-17-16-29(31-9-8-10-32(31)33)27-13-15-30-28(22-27)14-18-34-39(30)48-42(47-34)36-20-12-26(6)53(36)44(55)38(24(3)4)50-45(56)57-7/h13-18,22-26,35-36,38H,8-12,19-21H2,1-7H3,(H,47,48)(H,49,51)(H,50,56)/t25-,26-,35-,36-,38?/m0/s1. The van der Waals surface area contributed by atoms with Gasteiger partial charge in [0.2, 0.25) is 11.8 Å². The van der Waals surface area contributed by atoms with Crippen LogP contribution in [-0.2, 0) is 27.2 Å². The second-order valence-corrected chi connectivity index (χ2v) is 17.5. The maximum atomic E-state index is 13.9. The quantitative estimate of drug-likeness (QED) is 0.136. The van der Waals surface area contributed by atoms with Crippen molar-refractivity contribution >= 4 is 51.3 Å². The summed E-state index contributed by atoms with van der Waals surface area (Å²) in [5.74, 6) is 1.76. The molecule has 3 N–H and O–H groups in total. The number of likely N-dealkylation sites (tertiary alicyclic amines) is 2. The summed E-state index contributed by atoms with van der Waals surface area (Å²) in [5, 5.41) is 5.40. The minimum Gasteiger partial charge on any atom is -0.453 e. The van der Waals surface area contributed by atoms with Gasteiger partial charge in [-0.15, -0.1) is 0 Å². The predicted molar refractivity (Wildman–Crippen MR) is 224 cm³/mol. The van der Waals surface area contributed by atoms with Gasteiger partial charge in [0.05, 0.1) is 30.2 Å². The molecule has 2 fully saturated rings. The summed E-state index contributed by atoms with van der Waals surface area (Å²) in [4.78, 5) is 60.4. The SMILES string of the molecule is COC(=O)NC(C(=O)N1[C@@H](C)CC[C@H]1c1nc2c(ccc3cc(-c4ccc(-c5nc([C@@H]6CC[C@H](C)N6C(=O)CC(C)C)[nH]c5Cl)c5c4CCC5)ccc32)[nH]1)C(C)C. The number of nitrogens with zero attached hydrogens (tertiary/aromatic N) is 4. The first kappa shape index (κ1) is 38.9. The van der Waals surface area contributed by atoms with E-state index in [2.05, 4.69) is 85.4 Å². The van der Waals surface area contributed by atoms with Crippen molar-refractivity contribution in [1.29, 1.82) is 0 Å². The Morgan fingerprint density at radius 1 is 0.860 bits per heavy atom. The zero-order valence-corrected chi connectivity index (χ0v) is 34.8. The number of aromatic nitrogens is 4. The van der Waals surface area contributed by atoms with Crippen LogP contribution < -0.4 is 5.32 Å². The van der Waals surface area contributed by atoms with E-state index in [1.54, 1.807) is 0 Å². The molecule has 2 saturated heterocycles. The Kier molecular flexibility index (Phi) is 10.6. The van der Waals surface area contributed by atoms with Crippen molar-refractivity contribution in [3.8, 4) is 22.4 Å². The third-order valence-electron chi connectivity index (χ3n) is 12.5. The molecule has 3 aromatic carbocycles. The molecule has 300 valence electrons. The largest absolute Gasteiger partial charge is 0.453 e. The molecule has 2 aromatic heterocycles. The average molecular weight is 792 g/mol. The number of benzene rings is 3. The van der Waals surface area contributed by atoms with Gasteiger partial charge >= 0.3 is 6.09 Å². The molecule has 0 saturated carbocycles. The Labute approximate surface area is 339 Å². The third-order valence-corrected chi connectivity index (χ3v) is 12.8. The van der Waals surface area contributed by atoms with E-state index in [-0.39, 0.29) is 41.9 Å². The molecule has 3 aliphatic rings. The van der Waals surface area contributed by atoms with Crippen LogP contribution in [0.5, 0.6) is 0 Å². The van der Waals surface area contributed by atoms with Crippen LogP contribution >= 0.6 is 11.6 Å². The Morgan fingerprint density at radius 3 is 2.23 bits per heavy atom. The molecule has 8 rings (SSSR count). The van der Waals surface area contributed by atoms with Crippen LogP contribution in [0.1, 0.15) is 115 Å². The van der Waals surface area contributed by atoms with E-state index in [9.17, 15) is 14.4 Å². The fourth-order valence-electron chi connectivity index (χ4n) is 9.66. The first-order chi connectivity index (χ1) is 27.3. The highest BCUT2D eigenvalue weighted by Crippen LogP contribution is 2.44. The van der Waals surface area contributed by atoms with Crippen LogP contribution in [0, 0.1) is 11.8 Å². The van der Waals surface area contributed by atoms with E-state index < -0.39 is 12.1 Å². The van der Waals surface area contributed by atoms with E-state index in [1.807, 2.05) is 23.6 Å². The van der Waals surface area contributed by atoms with Gasteiger partial charge in [0.15, 0.2) is 0 Å². The number of alkyl carbamates (subject to hydrolysis) is 1. The zero-order chi connectivity index (χ0) is 40.3. The van der Waals surface area contributed by atoms with Gasteiger partial charge < -0.3 is 29.8 Å². The summed E-state index contributed by atoms with van der Waals surface area (Å²) in [6.07, 6.45) is 6.34. The zero-order valence-electron chi connectivity index (χ0n) is 34.0. The molecule has 0 radical (unpaired) electrons. The second-order valence-electron chi connectivity index (χ2n) is 17.2. The molecule has 57 heavy (non-hydrogen) atoms. The molecular formula is C45H54ClN7O4. The van der Waals surface area contributed by atoms with Crippen LogP contribution in [0.4, 0.5) is 4.79 Å². The molecule has 5 atom stereocenters. The summed E-state index contributed by atoms with van der Waals surface area (Å²) in [5.41, 5.74) is 8.61. The minimum absolute atomic E-state index is 0.00152. The third kappa shape index (κ3) is 7.06. The van der Waals surface area contributed by atoms with Gasteiger partial charge in [-0.2, -0.15) is 0 Å². The number of hydrogen-bond acceptors (Lipinski definition) is 6. The summed E-state index contributed by atoms with van der Waals surface area (Å²) in [6, 6.07) is 14.3. The smallest absolute Gasteiger partial charge is 0.407 e. The van der Waals surface area contributed by atoms with Crippen LogP contribution in [0.15, 0.2) is 42.5 Å². The molecule has 5 aromatic rings. The molecule has 3 amide bonds. The van der Waals surface area contributed by atoms with Crippen molar-refractivity contribution in [2.24, 2.45) is 11.8 Å². The molecule has 0 bridgehead atoms. The summed E-state index contributed by atoms with van der Waals surface area (Å²) in [7, 11) is 1.31. The first-order valence-electron chi connectivity index (χ1n) is 20.7. The van der Waals surface area contributed by atoms with Gasteiger partial charge in [-0.3, -0.25) is 9.59 Å². The van der Waals surface area contributed by atoms with Crippen molar-refractivity contribution in [2.45, 2.75) is 123 Å². The summed E-state index contributed by atoms with van der Waals surface area (Å²) >= 11 is 6.93. The Hall–Kier alpha value is -4.90. The highest BCUT2D eigenvalue weighted by Gasteiger charge is 2.42. The maximum absolute atomic E-state index is 13.9. The molecule has 2 aliphatic heterocycles. The van der Waals surface area contributed by atoms with E-state index in [0.717, 1.165) is 95.2 Å². The number of aromatic amines is 2. The fraction of sp³-hybridized carbons (Fsp3) is 0.489. The molecule has 12 heteroatoms. The van der Waals surface area contributed by atoms with Crippen LogP contribution in [0.2, 0.25) is 5.15 Å². The molecule has 0 spiro atoms. The topological polar surface area (TPSA) is 136 Å². The first-order valence-corrected chi connectivity index (χ1v) is 21.0. The number of imidazole rings is 2. The Bertz CT molecular complexity index is 2360. The molecule has 1 unspecified atom stereocenters. The monoisotopic (exact) mass is 791 g/mol. The minimum atomic E-state index is -0.702. The molecule has 11 nitrogen and oxygen atoms in total. The summed E-state index contributed by atoms with van der Waals surface area (Å²) < 4.78 is 4.83. The number of hydrogen-bond donors (Lipinski definition) is 3. The number of fused-ring (bicyclic) bond motifs is 4. The highest BCUT2D eigenvalue weighted by molar-refractivity contribution is 6.32. The van der Waals surface area contributed by atoms with Gasteiger partial charge in [-0.25, -0.2) is 14.8 Å². The van der Waals surface area contributed by atoms with Crippen molar-refractivity contribution in [3.05, 3.63) is 70.4 Å². The number of methoxy groups -OCH3 is 1. The van der Waals surface area contributed by atoms with Crippen molar-refractivity contribution in [2.75, 3.05) is 7.11 Å². The Balaban J connectivity index is 1.08. The maximum Gasteiger partial charge on any atom is 0.407 e. The average Bonchev–Trinajstić information content (AvgIpc) is 4.02. The van der Waals surface area contributed by atoms with Gasteiger partial charge in [0.25, 0.3) is 0 Å². The van der Waals surface area contributed by atoms with Gasteiger partial charge in [0.1, 0.15) is 28.5 Å². The number of H-pyrrole nitrogens is 2. The predicted octanol–water partition coefficient (Wildman–Crippen LogP) is 9.45. The van der Waals surface area contributed by atoms with Gasteiger partial charge in [0, 0.05) is 29.5 Å². The van der Waals surface area contributed by atoms with Crippen LogP contribution in [-0.4, -0.2) is 72.9 Å². The van der Waals surface area contributed by atoms with Gasteiger partial charge in [-0.05, 0) is 110 Å². The number of nitrogens with one attached hydrogen (secondary N) is 3. The number of ether oxygens (including phenoxy) is 1. The fourth-order valence-corrected chi connectivity index (χ4v) is 9.90. The second kappa shape index (κ2) is 15.5. The summed E-state index contributed by atoms with van der Waals surface area (Å²) in [6.45, 7) is 12.2. The van der Waals surface area contributed by atoms with E-state index in [4.69, 9.17) is 26.3 Å². The highest BCUT2D eigenvalue weighted by atomic mass is 35.5. The van der Waals surface area contributed by atoms with Gasteiger partial charge in [-0.1, -0.05) is 69.6 Å². The number of rotatable bonds is 9. The number of carbonyl (C=O) groups excluding carboxylic acids is 3. The molecular weight excluding hydrogens is 738 g/mol. The lowest BCUT2D eigenvalue weighted by Gasteiger charge is -2.32. The number of carbonyl (C=O) groups is 3. The van der Waals surface area contributed by atoms with Crippen LogP contribution in [0.25, 0.3) is 44.2 Å². The normalized spacial score (nSPS) is 21.3. The van der Waals surface area contributed by atoms with E-state index >= 15 is 0 Å². The van der Waals surface area contributed by atoms with Crippen molar-refractivity contribution in [3.63, 3.8) is 0 Å². The number of amides is 3. The molecule has 1 aliphatic carbocycles. The lowest BCUT2D eigenvalue weighted by molar-refractivity contribution is -0.137. The number of halogens is 1. The van der Waals surface area contributed by atoms with E-state index in [0.29, 0.717) is 17.5 Å².